The van der Waals surface area contributed by atoms with Gasteiger partial charge in [-0.05, 0) is 30.7 Å². The number of nitrogens with two attached hydrogens (primary N) is 1. The number of benzene rings is 2. The molecule has 2 aromatic carbocycles. The van der Waals surface area contributed by atoms with Crippen molar-refractivity contribution in [1.82, 2.24) is 10.2 Å². The van der Waals surface area contributed by atoms with Crippen LogP contribution in [0.1, 0.15) is 5.56 Å². The lowest BCUT2D eigenvalue weighted by Crippen LogP contribution is -1.86. The lowest BCUT2D eigenvalue weighted by Gasteiger charge is -2.04. The molecule has 0 fully saturated rings. The molecule has 0 saturated carbocycles. The number of nitrogens with one attached hydrogen (secondary N) is 1. The Bertz CT molecular complexity index is 731. The van der Waals surface area contributed by atoms with Crippen LogP contribution in [0.25, 0.3) is 22.2 Å². The fraction of sp³-hybridized carbons (Fsp3) is 0.0714. The summed E-state index contributed by atoms with van der Waals surface area (Å²) in [6.45, 7) is 2.04. The van der Waals surface area contributed by atoms with E-state index in [0.29, 0.717) is 10.7 Å². The second-order valence-electron chi connectivity index (χ2n) is 4.30. The van der Waals surface area contributed by atoms with E-state index in [1.54, 1.807) is 0 Å². The van der Waals surface area contributed by atoms with Gasteiger partial charge in [0.1, 0.15) is 5.69 Å². The molecular weight excluding hydrogens is 246 g/mol. The second-order valence-corrected chi connectivity index (χ2v) is 4.74. The molecular formula is C14H12ClN3. The number of hydrogen-bond acceptors (Lipinski definition) is 2. The van der Waals surface area contributed by atoms with Crippen LogP contribution in [0.4, 0.5) is 5.69 Å². The van der Waals surface area contributed by atoms with E-state index in [0.717, 1.165) is 27.7 Å². The molecule has 3 nitrogen and oxygen atoms in total. The molecule has 0 unspecified atom stereocenters. The van der Waals surface area contributed by atoms with Gasteiger partial charge >= 0.3 is 0 Å². The number of H-pyrrole nitrogens is 1. The molecule has 0 radical (unpaired) electrons. The zero-order valence-corrected chi connectivity index (χ0v) is 10.6. The molecule has 90 valence electrons. The summed E-state index contributed by atoms with van der Waals surface area (Å²) in [6.07, 6.45) is 0. The lowest BCUT2D eigenvalue weighted by atomic mass is 10.0. The van der Waals surface area contributed by atoms with Crippen LogP contribution < -0.4 is 5.73 Å². The zero-order chi connectivity index (χ0) is 12.7. The number of fused-ring (bicyclic) bond motifs is 1. The monoisotopic (exact) mass is 257 g/mol. The standard InChI is InChI=1S/C14H12ClN3/c1-8-5-6-9(15)7-11(8)13-10-3-2-4-12(16)14(10)18-17-13/h2-7H,16H2,1H3,(H,17,18). The van der Waals surface area contributed by atoms with Gasteiger partial charge in [-0.1, -0.05) is 29.8 Å². The van der Waals surface area contributed by atoms with Crippen molar-refractivity contribution in [2.45, 2.75) is 6.92 Å². The Balaban J connectivity index is 2.32. The predicted octanol–water partition coefficient (Wildman–Crippen LogP) is 3.77. The van der Waals surface area contributed by atoms with Crippen molar-refractivity contribution in [2.24, 2.45) is 0 Å². The highest BCUT2D eigenvalue weighted by Crippen LogP contribution is 2.32. The molecule has 4 heteroatoms. The minimum Gasteiger partial charge on any atom is -0.397 e. The van der Waals surface area contributed by atoms with Crippen LogP contribution >= 0.6 is 11.6 Å². The number of nitrogens with zero attached hydrogens (tertiary/aromatic N) is 1. The third-order valence-electron chi connectivity index (χ3n) is 3.09. The normalized spacial score (nSPS) is 11.0. The summed E-state index contributed by atoms with van der Waals surface area (Å²) in [4.78, 5) is 0. The first-order chi connectivity index (χ1) is 8.66. The Morgan fingerprint density at radius 2 is 2.06 bits per heavy atom. The van der Waals surface area contributed by atoms with Crippen LogP contribution in [-0.2, 0) is 0 Å². The highest BCUT2D eigenvalue weighted by molar-refractivity contribution is 6.31. The van der Waals surface area contributed by atoms with Crippen LogP contribution in [0.15, 0.2) is 36.4 Å². The van der Waals surface area contributed by atoms with E-state index < -0.39 is 0 Å². The molecule has 1 heterocycles. The minimum absolute atomic E-state index is 0.700. The molecule has 0 bridgehead atoms. The highest BCUT2D eigenvalue weighted by Gasteiger charge is 2.11. The third kappa shape index (κ3) is 1.64. The minimum atomic E-state index is 0.700. The maximum absolute atomic E-state index is 6.05. The largest absolute Gasteiger partial charge is 0.397 e. The Morgan fingerprint density at radius 1 is 1.22 bits per heavy atom. The number of aromatic amines is 1. The molecule has 0 saturated heterocycles. The van der Waals surface area contributed by atoms with Crippen molar-refractivity contribution in [3.63, 3.8) is 0 Å². The summed E-state index contributed by atoms with van der Waals surface area (Å²) < 4.78 is 0. The van der Waals surface area contributed by atoms with Crippen LogP contribution in [-0.4, -0.2) is 10.2 Å². The van der Waals surface area contributed by atoms with Crippen molar-refractivity contribution in [3.8, 4) is 11.3 Å². The van der Waals surface area contributed by atoms with Crippen LogP contribution in [0, 0.1) is 6.92 Å². The summed E-state index contributed by atoms with van der Waals surface area (Å²) in [5.74, 6) is 0. The van der Waals surface area contributed by atoms with E-state index in [-0.39, 0.29) is 0 Å². The first-order valence-electron chi connectivity index (χ1n) is 5.66. The average Bonchev–Trinajstić information content (AvgIpc) is 2.77. The molecule has 0 atom stereocenters. The van der Waals surface area contributed by atoms with E-state index in [4.69, 9.17) is 17.3 Å². The van der Waals surface area contributed by atoms with E-state index in [9.17, 15) is 0 Å². The topological polar surface area (TPSA) is 54.7 Å². The number of halogens is 1. The Kier molecular flexibility index (Phi) is 2.49. The van der Waals surface area contributed by atoms with Gasteiger partial charge in [0.2, 0.25) is 0 Å². The molecule has 0 aliphatic rings. The van der Waals surface area contributed by atoms with Gasteiger partial charge in [-0.25, -0.2) is 0 Å². The Morgan fingerprint density at radius 3 is 2.89 bits per heavy atom. The van der Waals surface area contributed by atoms with Crippen LogP contribution in [0.5, 0.6) is 0 Å². The van der Waals surface area contributed by atoms with Gasteiger partial charge in [0, 0.05) is 16.0 Å². The van der Waals surface area contributed by atoms with Gasteiger partial charge in [0.15, 0.2) is 0 Å². The SMILES string of the molecule is Cc1ccc(Cl)cc1-c1n[nH]c2c(N)cccc12. The number of aryl methyl sites for hydroxylation is 1. The van der Waals surface area contributed by atoms with Crippen LogP contribution in [0.3, 0.4) is 0 Å². The molecule has 0 aliphatic heterocycles. The Hall–Kier alpha value is -2.00. The van der Waals surface area contributed by atoms with Crippen molar-refractivity contribution in [2.75, 3.05) is 5.73 Å². The van der Waals surface area contributed by atoms with E-state index in [1.165, 1.54) is 0 Å². The average molecular weight is 258 g/mol. The first kappa shape index (κ1) is 11.1. The third-order valence-corrected chi connectivity index (χ3v) is 3.32. The van der Waals surface area contributed by atoms with E-state index in [1.807, 2.05) is 43.3 Å². The maximum Gasteiger partial charge on any atom is 0.100 e. The summed E-state index contributed by atoms with van der Waals surface area (Å²) >= 11 is 6.05. The lowest BCUT2D eigenvalue weighted by molar-refractivity contribution is 1.12. The number of para-hydroxylation sites is 1. The van der Waals surface area contributed by atoms with E-state index in [2.05, 4.69) is 10.2 Å². The van der Waals surface area contributed by atoms with E-state index >= 15 is 0 Å². The van der Waals surface area contributed by atoms with Gasteiger partial charge < -0.3 is 5.73 Å². The van der Waals surface area contributed by atoms with Gasteiger partial charge in [0.05, 0.1) is 11.2 Å². The molecule has 18 heavy (non-hydrogen) atoms. The van der Waals surface area contributed by atoms with Gasteiger partial charge in [-0.15, -0.1) is 0 Å². The first-order valence-corrected chi connectivity index (χ1v) is 6.03. The number of anilines is 1. The molecule has 3 rings (SSSR count). The van der Waals surface area contributed by atoms with Crippen molar-refractivity contribution < 1.29 is 0 Å². The number of hydrogen-bond donors (Lipinski definition) is 2. The molecule has 3 N–H and O–H groups in total. The van der Waals surface area contributed by atoms with Gasteiger partial charge in [-0.3, -0.25) is 5.10 Å². The summed E-state index contributed by atoms with van der Waals surface area (Å²) in [5.41, 5.74) is 10.5. The second kappa shape index (κ2) is 4.03. The van der Waals surface area contributed by atoms with Crippen molar-refractivity contribution >= 4 is 28.2 Å². The van der Waals surface area contributed by atoms with Crippen LogP contribution in [0.2, 0.25) is 5.02 Å². The molecule has 3 aromatic rings. The number of rotatable bonds is 1. The Labute approximate surface area is 110 Å². The molecule has 1 aromatic heterocycles. The maximum atomic E-state index is 6.05. The fourth-order valence-electron chi connectivity index (χ4n) is 2.12. The summed E-state index contributed by atoms with van der Waals surface area (Å²) in [7, 11) is 0. The predicted molar refractivity (Wildman–Crippen MR) is 75.7 cm³/mol. The zero-order valence-electron chi connectivity index (χ0n) is 9.87. The highest BCUT2D eigenvalue weighted by atomic mass is 35.5. The fourth-order valence-corrected chi connectivity index (χ4v) is 2.29. The molecule has 0 amide bonds. The quantitative estimate of drug-likeness (QED) is 0.652. The molecule has 0 aliphatic carbocycles. The summed E-state index contributed by atoms with van der Waals surface area (Å²) in [5, 5.41) is 9.07. The van der Waals surface area contributed by atoms with Gasteiger partial charge in [-0.2, -0.15) is 5.10 Å². The van der Waals surface area contributed by atoms with Crippen molar-refractivity contribution in [3.05, 3.63) is 47.0 Å². The number of nitrogen functional groups attached to an aromatic ring is 1. The molecule has 0 spiro atoms. The van der Waals surface area contributed by atoms with Gasteiger partial charge in [0.25, 0.3) is 0 Å². The summed E-state index contributed by atoms with van der Waals surface area (Å²) in [6, 6.07) is 11.6. The number of aromatic nitrogens is 2. The smallest absolute Gasteiger partial charge is 0.100 e. The van der Waals surface area contributed by atoms with Crippen molar-refractivity contribution in [1.29, 1.82) is 0 Å².